The van der Waals surface area contributed by atoms with Gasteiger partial charge in [0.2, 0.25) is 5.91 Å². The molecular formula is C15H26N2O2. The lowest BCUT2D eigenvalue weighted by Gasteiger charge is -2.33. The molecule has 1 saturated heterocycles. The Bertz CT molecular complexity index is 352. The molecule has 1 fully saturated rings. The van der Waals surface area contributed by atoms with Gasteiger partial charge in [-0.05, 0) is 11.8 Å². The van der Waals surface area contributed by atoms with Crippen LogP contribution < -0.4 is 5.32 Å². The Balaban J connectivity index is 1.83. The molecule has 0 aromatic carbocycles. The van der Waals surface area contributed by atoms with Crippen LogP contribution in [0.1, 0.15) is 33.6 Å². The van der Waals surface area contributed by atoms with Crippen LogP contribution in [-0.2, 0) is 9.53 Å². The molecule has 108 valence electrons. The highest BCUT2D eigenvalue weighted by molar-refractivity contribution is 5.77. The van der Waals surface area contributed by atoms with Gasteiger partial charge in [-0.3, -0.25) is 4.79 Å². The minimum atomic E-state index is 0.0502. The van der Waals surface area contributed by atoms with Gasteiger partial charge in [0, 0.05) is 26.2 Å². The van der Waals surface area contributed by atoms with Crippen LogP contribution in [0.3, 0.4) is 0 Å². The van der Waals surface area contributed by atoms with Crippen LogP contribution in [0.2, 0.25) is 0 Å². The van der Waals surface area contributed by atoms with Gasteiger partial charge in [0.15, 0.2) is 0 Å². The number of hydrogen-bond acceptors (Lipinski definition) is 3. The summed E-state index contributed by atoms with van der Waals surface area (Å²) in [6.07, 6.45) is 3.78. The summed E-state index contributed by atoms with van der Waals surface area (Å²) in [5.41, 5.74) is 1.69. The van der Waals surface area contributed by atoms with E-state index >= 15 is 0 Å². The third-order valence-corrected chi connectivity index (χ3v) is 3.93. The SMILES string of the molecule is CC(C)(C)C1=CCN(C(=O)CC2CNCCO2)CC1. The highest BCUT2D eigenvalue weighted by Crippen LogP contribution is 2.30. The van der Waals surface area contributed by atoms with E-state index in [9.17, 15) is 4.79 Å². The molecule has 1 N–H and O–H groups in total. The van der Waals surface area contributed by atoms with Crippen molar-refractivity contribution in [1.82, 2.24) is 10.2 Å². The van der Waals surface area contributed by atoms with Crippen molar-refractivity contribution in [1.29, 1.82) is 0 Å². The number of amides is 1. The van der Waals surface area contributed by atoms with Gasteiger partial charge in [0.1, 0.15) is 0 Å². The van der Waals surface area contributed by atoms with Crippen molar-refractivity contribution >= 4 is 5.91 Å². The van der Waals surface area contributed by atoms with Gasteiger partial charge in [-0.1, -0.05) is 32.4 Å². The first-order chi connectivity index (χ1) is 8.97. The summed E-state index contributed by atoms with van der Waals surface area (Å²) in [6.45, 7) is 10.7. The Labute approximate surface area is 116 Å². The van der Waals surface area contributed by atoms with Gasteiger partial charge in [-0.2, -0.15) is 0 Å². The van der Waals surface area contributed by atoms with Gasteiger partial charge in [-0.25, -0.2) is 0 Å². The average Bonchev–Trinajstić information content (AvgIpc) is 2.39. The second kappa shape index (κ2) is 6.06. The molecule has 4 heteroatoms. The summed E-state index contributed by atoms with van der Waals surface area (Å²) in [5, 5.41) is 3.26. The molecule has 1 atom stereocenters. The molecule has 0 aliphatic carbocycles. The number of hydrogen-bond donors (Lipinski definition) is 1. The Morgan fingerprint density at radius 2 is 2.32 bits per heavy atom. The normalized spacial score (nSPS) is 25.1. The molecule has 2 rings (SSSR count). The highest BCUT2D eigenvalue weighted by atomic mass is 16.5. The lowest BCUT2D eigenvalue weighted by molar-refractivity contribution is -0.134. The molecule has 0 radical (unpaired) electrons. The maximum absolute atomic E-state index is 12.2. The van der Waals surface area contributed by atoms with Crippen molar-refractivity contribution in [2.45, 2.75) is 39.7 Å². The van der Waals surface area contributed by atoms with Crippen LogP contribution in [0.15, 0.2) is 11.6 Å². The number of carbonyl (C=O) groups excluding carboxylic acids is 1. The van der Waals surface area contributed by atoms with E-state index < -0.39 is 0 Å². The molecule has 1 unspecified atom stereocenters. The fraction of sp³-hybridized carbons (Fsp3) is 0.800. The molecule has 19 heavy (non-hydrogen) atoms. The Hall–Kier alpha value is -0.870. The molecule has 0 aromatic heterocycles. The summed E-state index contributed by atoms with van der Waals surface area (Å²) in [7, 11) is 0. The monoisotopic (exact) mass is 266 g/mol. The molecular weight excluding hydrogens is 240 g/mol. The molecule has 0 aromatic rings. The molecule has 2 aliphatic heterocycles. The maximum atomic E-state index is 12.2. The fourth-order valence-corrected chi connectivity index (χ4v) is 2.65. The van der Waals surface area contributed by atoms with Crippen molar-refractivity contribution in [3.8, 4) is 0 Å². The Morgan fingerprint density at radius 1 is 1.53 bits per heavy atom. The van der Waals surface area contributed by atoms with Crippen molar-refractivity contribution < 1.29 is 9.53 Å². The van der Waals surface area contributed by atoms with E-state index in [2.05, 4.69) is 32.2 Å². The Kier molecular flexibility index (Phi) is 4.63. The van der Waals surface area contributed by atoms with Crippen molar-refractivity contribution in [3.63, 3.8) is 0 Å². The van der Waals surface area contributed by atoms with E-state index in [0.717, 1.165) is 32.6 Å². The summed E-state index contributed by atoms with van der Waals surface area (Å²) in [6, 6.07) is 0. The molecule has 1 amide bonds. The number of rotatable bonds is 2. The summed E-state index contributed by atoms with van der Waals surface area (Å²) < 4.78 is 5.59. The van der Waals surface area contributed by atoms with E-state index in [-0.39, 0.29) is 17.4 Å². The predicted molar refractivity (Wildman–Crippen MR) is 76.0 cm³/mol. The van der Waals surface area contributed by atoms with E-state index in [4.69, 9.17) is 4.74 Å². The standard InChI is InChI=1S/C15H26N2O2/c1-15(2,3)12-4-7-17(8-5-12)14(18)10-13-11-16-6-9-19-13/h4,13,16H,5-11H2,1-3H3. The van der Waals surface area contributed by atoms with Gasteiger partial charge >= 0.3 is 0 Å². The summed E-state index contributed by atoms with van der Waals surface area (Å²) in [5.74, 6) is 0.220. The first kappa shape index (κ1) is 14.5. The summed E-state index contributed by atoms with van der Waals surface area (Å²) in [4.78, 5) is 14.2. The highest BCUT2D eigenvalue weighted by Gasteiger charge is 2.25. The predicted octanol–water partition coefficient (Wildman–Crippen LogP) is 1.57. The van der Waals surface area contributed by atoms with E-state index in [1.54, 1.807) is 0 Å². The summed E-state index contributed by atoms with van der Waals surface area (Å²) >= 11 is 0. The largest absolute Gasteiger partial charge is 0.375 e. The fourth-order valence-electron chi connectivity index (χ4n) is 2.65. The van der Waals surface area contributed by atoms with Crippen LogP contribution in [-0.4, -0.2) is 49.7 Å². The van der Waals surface area contributed by atoms with Gasteiger partial charge in [-0.15, -0.1) is 0 Å². The number of nitrogens with one attached hydrogen (secondary N) is 1. The molecule has 2 aliphatic rings. The van der Waals surface area contributed by atoms with Crippen molar-refractivity contribution in [2.75, 3.05) is 32.8 Å². The second-order valence-corrected chi connectivity index (χ2v) is 6.47. The number of carbonyl (C=O) groups is 1. The lowest BCUT2D eigenvalue weighted by atomic mass is 9.83. The zero-order valence-corrected chi connectivity index (χ0v) is 12.4. The number of morpholine rings is 1. The van der Waals surface area contributed by atoms with E-state index in [1.807, 2.05) is 4.90 Å². The topological polar surface area (TPSA) is 41.6 Å². The van der Waals surface area contributed by atoms with Crippen LogP contribution in [0.4, 0.5) is 0 Å². The second-order valence-electron chi connectivity index (χ2n) is 6.47. The average molecular weight is 266 g/mol. The van der Waals surface area contributed by atoms with E-state index in [0.29, 0.717) is 13.0 Å². The van der Waals surface area contributed by atoms with Crippen LogP contribution >= 0.6 is 0 Å². The first-order valence-electron chi connectivity index (χ1n) is 7.26. The van der Waals surface area contributed by atoms with Crippen molar-refractivity contribution in [2.24, 2.45) is 5.41 Å². The van der Waals surface area contributed by atoms with Gasteiger partial charge < -0.3 is 15.0 Å². The number of nitrogens with zero attached hydrogens (tertiary/aromatic N) is 1. The maximum Gasteiger partial charge on any atom is 0.225 e. The van der Waals surface area contributed by atoms with Crippen LogP contribution in [0.25, 0.3) is 0 Å². The number of ether oxygens (including phenoxy) is 1. The third kappa shape index (κ3) is 4.05. The minimum absolute atomic E-state index is 0.0502. The zero-order chi connectivity index (χ0) is 13.9. The molecule has 0 bridgehead atoms. The van der Waals surface area contributed by atoms with Gasteiger partial charge in [0.05, 0.1) is 19.1 Å². The quantitative estimate of drug-likeness (QED) is 0.771. The lowest BCUT2D eigenvalue weighted by Crippen LogP contribution is -2.43. The molecule has 0 spiro atoms. The van der Waals surface area contributed by atoms with Crippen LogP contribution in [0, 0.1) is 5.41 Å². The molecule has 2 heterocycles. The molecule has 4 nitrogen and oxygen atoms in total. The van der Waals surface area contributed by atoms with Gasteiger partial charge in [0.25, 0.3) is 0 Å². The third-order valence-electron chi connectivity index (χ3n) is 3.93. The smallest absolute Gasteiger partial charge is 0.225 e. The minimum Gasteiger partial charge on any atom is -0.375 e. The Morgan fingerprint density at radius 3 is 2.84 bits per heavy atom. The van der Waals surface area contributed by atoms with Crippen LogP contribution in [0.5, 0.6) is 0 Å². The van der Waals surface area contributed by atoms with E-state index in [1.165, 1.54) is 5.57 Å². The first-order valence-corrected chi connectivity index (χ1v) is 7.26. The molecule has 0 saturated carbocycles. The van der Waals surface area contributed by atoms with Crippen molar-refractivity contribution in [3.05, 3.63) is 11.6 Å². The zero-order valence-electron chi connectivity index (χ0n) is 12.4.